The first-order chi connectivity index (χ1) is 9.87. The van der Waals surface area contributed by atoms with Crippen LogP contribution >= 0.6 is 11.3 Å². The molecule has 20 heavy (non-hydrogen) atoms. The van der Waals surface area contributed by atoms with Crippen LogP contribution in [-0.2, 0) is 11.3 Å². The van der Waals surface area contributed by atoms with Crippen LogP contribution in [0.4, 0.5) is 0 Å². The van der Waals surface area contributed by atoms with Crippen molar-refractivity contribution in [1.82, 2.24) is 9.80 Å². The second-order valence-electron chi connectivity index (χ2n) is 6.65. The third-order valence-electron chi connectivity index (χ3n) is 4.91. The molecule has 3 fully saturated rings. The molecule has 0 aromatic carbocycles. The number of hydrogen-bond donors (Lipinski definition) is 0. The van der Waals surface area contributed by atoms with Crippen LogP contribution in [0, 0.1) is 5.92 Å². The molecule has 1 aromatic heterocycles. The van der Waals surface area contributed by atoms with E-state index in [-0.39, 0.29) is 0 Å². The fourth-order valence-electron chi connectivity index (χ4n) is 3.52. The van der Waals surface area contributed by atoms with E-state index >= 15 is 0 Å². The van der Waals surface area contributed by atoms with E-state index in [1.165, 1.54) is 51.0 Å². The third kappa shape index (κ3) is 3.08. The molecule has 2 aliphatic heterocycles. The number of fused-ring (bicyclic) bond motifs is 1. The molecule has 4 rings (SSSR count). The Balaban J connectivity index is 1.28. The molecular formula is C16H24N2OS. The number of nitrogens with zero attached hydrogens (tertiary/aromatic N) is 2. The second-order valence-corrected chi connectivity index (χ2v) is 7.43. The highest BCUT2D eigenvalue weighted by Gasteiger charge is 2.37. The van der Waals surface area contributed by atoms with Crippen molar-refractivity contribution in [2.75, 3.05) is 32.8 Å². The summed E-state index contributed by atoms with van der Waals surface area (Å²) in [5.41, 5.74) is 1.47. The van der Waals surface area contributed by atoms with Gasteiger partial charge in [0.25, 0.3) is 0 Å². The summed E-state index contributed by atoms with van der Waals surface area (Å²) in [6.07, 6.45) is 4.54. The lowest BCUT2D eigenvalue weighted by Gasteiger charge is -2.37. The topological polar surface area (TPSA) is 15.7 Å². The molecule has 3 heterocycles. The first kappa shape index (κ1) is 13.3. The number of hydrogen-bond acceptors (Lipinski definition) is 4. The molecule has 0 amide bonds. The predicted molar refractivity (Wildman–Crippen MR) is 82.0 cm³/mol. The molecule has 2 unspecified atom stereocenters. The van der Waals surface area contributed by atoms with Crippen molar-refractivity contribution in [2.45, 2.75) is 38.0 Å². The predicted octanol–water partition coefficient (Wildman–Crippen LogP) is 2.43. The van der Waals surface area contributed by atoms with Crippen molar-refractivity contribution in [3.05, 3.63) is 22.4 Å². The molecule has 0 bridgehead atoms. The normalized spacial score (nSPS) is 31.6. The first-order valence-electron chi connectivity index (χ1n) is 7.96. The lowest BCUT2D eigenvalue weighted by molar-refractivity contribution is 0.0508. The standard InChI is InChI=1S/C16H24N2OS/c1-2-13(1)11-19-16-7-15-9-17(4-5-18(15)10-16)8-14-3-6-20-12-14/h3,6,12-13,15-16H,1-2,4-5,7-11H2. The van der Waals surface area contributed by atoms with E-state index < -0.39 is 0 Å². The van der Waals surface area contributed by atoms with Crippen molar-refractivity contribution in [2.24, 2.45) is 5.92 Å². The van der Waals surface area contributed by atoms with E-state index in [4.69, 9.17) is 4.74 Å². The Bertz CT molecular complexity index is 432. The van der Waals surface area contributed by atoms with Crippen molar-refractivity contribution in [1.29, 1.82) is 0 Å². The average molecular weight is 292 g/mol. The van der Waals surface area contributed by atoms with Crippen LogP contribution in [0.25, 0.3) is 0 Å². The van der Waals surface area contributed by atoms with E-state index in [0.717, 1.165) is 25.1 Å². The van der Waals surface area contributed by atoms with Crippen molar-refractivity contribution >= 4 is 11.3 Å². The molecule has 0 radical (unpaired) electrons. The summed E-state index contributed by atoms with van der Waals surface area (Å²) in [5, 5.41) is 4.46. The molecule has 3 aliphatic rings. The summed E-state index contributed by atoms with van der Waals surface area (Å²) in [6, 6.07) is 2.99. The minimum atomic E-state index is 0.502. The van der Waals surface area contributed by atoms with Gasteiger partial charge in [0.2, 0.25) is 0 Å². The van der Waals surface area contributed by atoms with Crippen LogP contribution in [-0.4, -0.2) is 54.7 Å². The summed E-state index contributed by atoms with van der Waals surface area (Å²) in [5.74, 6) is 0.891. The Hall–Kier alpha value is -0.420. The van der Waals surface area contributed by atoms with Gasteiger partial charge in [0.05, 0.1) is 6.10 Å². The Morgan fingerprint density at radius 2 is 2.20 bits per heavy atom. The molecule has 0 N–H and O–H groups in total. The zero-order valence-corrected chi connectivity index (χ0v) is 12.9. The number of thiophene rings is 1. The number of ether oxygens (including phenoxy) is 1. The van der Waals surface area contributed by atoms with Gasteiger partial charge in [-0.05, 0) is 47.6 Å². The molecule has 1 aromatic rings. The Labute approximate surface area is 125 Å². The molecule has 2 saturated heterocycles. The molecule has 0 spiro atoms. The highest BCUT2D eigenvalue weighted by molar-refractivity contribution is 7.07. The lowest BCUT2D eigenvalue weighted by atomic mass is 10.1. The molecular weight excluding hydrogens is 268 g/mol. The largest absolute Gasteiger partial charge is 0.377 e. The van der Waals surface area contributed by atoms with Gasteiger partial charge in [0.15, 0.2) is 0 Å². The lowest BCUT2D eigenvalue weighted by Crippen LogP contribution is -2.49. The molecule has 2 atom stereocenters. The second kappa shape index (κ2) is 5.76. The molecule has 3 nitrogen and oxygen atoms in total. The highest BCUT2D eigenvalue weighted by Crippen LogP contribution is 2.31. The van der Waals surface area contributed by atoms with Gasteiger partial charge < -0.3 is 4.74 Å². The maximum absolute atomic E-state index is 6.10. The number of piperazine rings is 1. The van der Waals surface area contributed by atoms with Crippen LogP contribution < -0.4 is 0 Å². The van der Waals surface area contributed by atoms with Crippen LogP contribution in [0.5, 0.6) is 0 Å². The van der Waals surface area contributed by atoms with Gasteiger partial charge in [-0.2, -0.15) is 11.3 Å². The van der Waals surface area contributed by atoms with Gasteiger partial charge in [0, 0.05) is 45.4 Å². The molecule has 1 aliphatic carbocycles. The van der Waals surface area contributed by atoms with Gasteiger partial charge in [0.1, 0.15) is 0 Å². The van der Waals surface area contributed by atoms with E-state index in [9.17, 15) is 0 Å². The van der Waals surface area contributed by atoms with Crippen molar-refractivity contribution < 1.29 is 4.74 Å². The smallest absolute Gasteiger partial charge is 0.0717 e. The molecule has 1 saturated carbocycles. The van der Waals surface area contributed by atoms with Gasteiger partial charge in [-0.3, -0.25) is 9.80 Å². The van der Waals surface area contributed by atoms with E-state index in [0.29, 0.717) is 6.10 Å². The van der Waals surface area contributed by atoms with E-state index in [2.05, 4.69) is 26.6 Å². The summed E-state index contributed by atoms with van der Waals surface area (Å²) in [4.78, 5) is 5.27. The number of rotatable bonds is 5. The third-order valence-corrected chi connectivity index (χ3v) is 5.64. The van der Waals surface area contributed by atoms with Crippen LogP contribution in [0.3, 0.4) is 0 Å². The summed E-state index contributed by atoms with van der Waals surface area (Å²) < 4.78 is 6.10. The Morgan fingerprint density at radius 3 is 3.00 bits per heavy atom. The summed E-state index contributed by atoms with van der Waals surface area (Å²) >= 11 is 1.81. The van der Waals surface area contributed by atoms with Crippen molar-refractivity contribution in [3.8, 4) is 0 Å². The average Bonchev–Trinajstić information content (AvgIpc) is 2.97. The monoisotopic (exact) mass is 292 g/mol. The molecule has 110 valence electrons. The van der Waals surface area contributed by atoms with Gasteiger partial charge >= 0.3 is 0 Å². The highest BCUT2D eigenvalue weighted by atomic mass is 32.1. The first-order valence-corrected chi connectivity index (χ1v) is 8.90. The van der Waals surface area contributed by atoms with Crippen molar-refractivity contribution in [3.63, 3.8) is 0 Å². The van der Waals surface area contributed by atoms with Crippen LogP contribution in [0.2, 0.25) is 0 Å². The minimum absolute atomic E-state index is 0.502. The van der Waals surface area contributed by atoms with Crippen LogP contribution in [0.1, 0.15) is 24.8 Å². The summed E-state index contributed by atoms with van der Waals surface area (Å²) in [6.45, 7) is 6.97. The van der Waals surface area contributed by atoms with Gasteiger partial charge in [-0.25, -0.2) is 0 Å². The Kier molecular flexibility index (Phi) is 3.82. The fraction of sp³-hybridized carbons (Fsp3) is 0.750. The van der Waals surface area contributed by atoms with Crippen LogP contribution in [0.15, 0.2) is 16.8 Å². The summed E-state index contributed by atoms with van der Waals surface area (Å²) in [7, 11) is 0. The quantitative estimate of drug-likeness (QED) is 0.829. The van der Waals surface area contributed by atoms with E-state index in [1.807, 2.05) is 0 Å². The van der Waals surface area contributed by atoms with Gasteiger partial charge in [-0.15, -0.1) is 0 Å². The molecule has 4 heteroatoms. The van der Waals surface area contributed by atoms with Gasteiger partial charge in [-0.1, -0.05) is 0 Å². The zero-order chi connectivity index (χ0) is 13.4. The van der Waals surface area contributed by atoms with E-state index in [1.54, 1.807) is 11.3 Å². The maximum atomic E-state index is 6.10. The SMILES string of the molecule is c1cc(CN2CCN3CC(OCC4CC4)CC3C2)cs1. The Morgan fingerprint density at radius 1 is 1.25 bits per heavy atom. The minimum Gasteiger partial charge on any atom is -0.377 e. The zero-order valence-electron chi connectivity index (χ0n) is 12.0. The fourth-order valence-corrected chi connectivity index (χ4v) is 4.18. The maximum Gasteiger partial charge on any atom is 0.0717 e.